The number of halogens is 3. The number of rotatable bonds is 6. The van der Waals surface area contributed by atoms with Crippen LogP contribution in [0.1, 0.15) is 114 Å². The Labute approximate surface area is 275 Å². The van der Waals surface area contributed by atoms with Crippen LogP contribution in [0.5, 0.6) is 0 Å². The lowest BCUT2D eigenvalue weighted by Crippen LogP contribution is -2.43. The molecule has 1 saturated heterocycles. The highest BCUT2D eigenvalue weighted by Crippen LogP contribution is 2.31. The van der Waals surface area contributed by atoms with E-state index in [1.807, 2.05) is 64.1 Å². The number of Topliss-reactive ketones (excluding diaryl/α,β-unsaturated/α-hetero) is 1. The molecule has 1 saturated carbocycles. The fourth-order valence-electron chi connectivity index (χ4n) is 2.00. The van der Waals surface area contributed by atoms with Gasteiger partial charge in [-0.05, 0) is 50.8 Å². The van der Waals surface area contributed by atoms with Crippen molar-refractivity contribution in [3.63, 3.8) is 0 Å². The van der Waals surface area contributed by atoms with Crippen LogP contribution in [-0.4, -0.2) is 38.5 Å². The first-order valence-electron chi connectivity index (χ1n) is 15.8. The number of benzene rings is 1. The van der Waals surface area contributed by atoms with E-state index < -0.39 is 11.9 Å². The standard InChI is InChI=1S/C8H8.C6H12O2.C5H8O.C5H10.C4H6O.C3H3F3.C3H8.2C2H6/c1-2-8-6-4-3-5-7-8;1-6(3-7-2)4-8-5-6;1-4(2)5(3)6;1-2-5-3-4-5;1-3-4(2)5;1-2(4)3(5)6;1-3-2;2*1-2/h2-7H,1H2;3-5H2,1-2H3;1H2,2-3H3;5H,2-4H2,1H3;3H,1H2,2H3;1H3;3H2,1-2H3;2*1-2H3. The summed E-state index contributed by atoms with van der Waals surface area (Å²) in [5.41, 5.74) is 2.12. The van der Waals surface area contributed by atoms with Gasteiger partial charge in [-0.25, -0.2) is 4.39 Å². The summed E-state index contributed by atoms with van der Waals surface area (Å²) in [6.45, 7) is 34.8. The predicted molar refractivity (Wildman–Crippen MR) is 191 cm³/mol. The van der Waals surface area contributed by atoms with E-state index in [0.717, 1.165) is 25.7 Å². The molecule has 0 unspecified atom stereocenters. The zero-order valence-corrected chi connectivity index (χ0v) is 31.0. The molecule has 0 aromatic heterocycles. The minimum atomic E-state index is -2.24. The third-order valence-electron chi connectivity index (χ3n) is 4.85. The fraction of sp³-hybridized carbons (Fsp3) is 0.579. The molecular weight excluding hydrogens is 577 g/mol. The second-order valence-corrected chi connectivity index (χ2v) is 9.86. The Bertz CT molecular complexity index is 827. The van der Waals surface area contributed by atoms with Crippen LogP contribution in [0.2, 0.25) is 0 Å². The third kappa shape index (κ3) is 54.2. The first-order chi connectivity index (χ1) is 21.1. The topological polar surface area (TPSA) is 52.6 Å². The number of allylic oxidation sites excluding steroid dienone is 3. The molecule has 0 spiro atoms. The molecule has 0 amide bonds. The molecule has 1 heterocycles. The van der Waals surface area contributed by atoms with Crippen molar-refractivity contribution in [3.05, 3.63) is 79.2 Å². The second kappa shape index (κ2) is 41.2. The van der Waals surface area contributed by atoms with Gasteiger partial charge < -0.3 is 9.47 Å². The highest BCUT2D eigenvalue weighted by molar-refractivity contribution is 5.91. The maximum atomic E-state index is 11.0. The van der Waals surface area contributed by atoms with Crippen LogP contribution in [0.25, 0.3) is 6.08 Å². The van der Waals surface area contributed by atoms with Crippen LogP contribution < -0.4 is 0 Å². The quantitative estimate of drug-likeness (QED) is 0.289. The molecule has 0 bridgehead atoms. The molecular formula is C38H67F3O4. The Morgan fingerprint density at radius 1 is 0.933 bits per heavy atom. The van der Waals surface area contributed by atoms with Crippen LogP contribution in [0, 0.1) is 11.3 Å². The van der Waals surface area contributed by atoms with E-state index in [9.17, 15) is 22.8 Å². The van der Waals surface area contributed by atoms with Gasteiger partial charge >= 0.3 is 6.08 Å². The summed E-state index contributed by atoms with van der Waals surface area (Å²) >= 11 is 0. The summed E-state index contributed by atoms with van der Waals surface area (Å²) in [7, 11) is 1.73. The molecule has 0 radical (unpaired) electrons. The Morgan fingerprint density at radius 2 is 1.29 bits per heavy atom. The average molecular weight is 645 g/mol. The predicted octanol–water partition coefficient (Wildman–Crippen LogP) is 12.3. The number of ketones is 2. The van der Waals surface area contributed by atoms with Crippen LogP contribution in [0.3, 0.4) is 0 Å². The Balaban J connectivity index is -0.0000000983. The zero-order valence-electron chi connectivity index (χ0n) is 31.0. The van der Waals surface area contributed by atoms with Gasteiger partial charge in [-0.1, -0.05) is 137 Å². The van der Waals surface area contributed by atoms with Crippen molar-refractivity contribution in [2.75, 3.05) is 26.9 Å². The van der Waals surface area contributed by atoms with E-state index in [2.05, 4.69) is 47.4 Å². The normalized spacial score (nSPS) is 12.0. The number of carbonyl (C=O) groups is 2. The van der Waals surface area contributed by atoms with Crippen molar-refractivity contribution in [1.82, 2.24) is 0 Å². The molecule has 1 aliphatic heterocycles. The Hall–Kier alpha value is -2.77. The zero-order chi connectivity index (χ0) is 36.9. The van der Waals surface area contributed by atoms with Crippen LogP contribution in [0.4, 0.5) is 13.2 Å². The molecule has 2 fully saturated rings. The van der Waals surface area contributed by atoms with Gasteiger partial charge in [0.1, 0.15) is 0 Å². The van der Waals surface area contributed by atoms with E-state index in [0.29, 0.717) is 17.9 Å². The van der Waals surface area contributed by atoms with Crippen LogP contribution in [0.15, 0.2) is 73.6 Å². The molecule has 45 heavy (non-hydrogen) atoms. The minimum Gasteiger partial charge on any atom is -0.384 e. The van der Waals surface area contributed by atoms with Gasteiger partial charge in [0.15, 0.2) is 17.4 Å². The van der Waals surface area contributed by atoms with Gasteiger partial charge in [-0.3, -0.25) is 9.59 Å². The summed E-state index contributed by atoms with van der Waals surface area (Å²) in [5.74, 6) is -0.190. The smallest absolute Gasteiger partial charge is 0.301 e. The summed E-state index contributed by atoms with van der Waals surface area (Å²) in [4.78, 5) is 19.7. The first-order valence-corrected chi connectivity index (χ1v) is 15.8. The summed E-state index contributed by atoms with van der Waals surface area (Å²) in [6, 6.07) is 10.0. The lowest BCUT2D eigenvalue weighted by atomic mass is 9.90. The third-order valence-corrected chi connectivity index (χ3v) is 4.85. The largest absolute Gasteiger partial charge is 0.384 e. The number of carbonyl (C=O) groups excluding carboxylic acids is 2. The van der Waals surface area contributed by atoms with Crippen molar-refractivity contribution in [2.24, 2.45) is 11.3 Å². The molecule has 1 aromatic carbocycles. The van der Waals surface area contributed by atoms with Crippen molar-refractivity contribution in [2.45, 2.75) is 109 Å². The molecule has 264 valence electrons. The molecule has 7 heteroatoms. The summed E-state index contributed by atoms with van der Waals surface area (Å²) < 4.78 is 42.3. The number of ether oxygens (including phenoxy) is 2. The molecule has 3 rings (SSSR count). The SMILES string of the molecule is C=C(C)C(C)=O.C=CC(C)=O.C=Cc1ccccc1.CC.CC.CC(F)=C(F)F.CCC.CCC1CC1.COCC1(C)COC1. The highest BCUT2D eigenvalue weighted by Gasteiger charge is 2.32. The molecule has 4 nitrogen and oxygen atoms in total. The summed E-state index contributed by atoms with van der Waals surface area (Å²) in [6.07, 6.45) is 6.56. The van der Waals surface area contributed by atoms with Gasteiger partial charge in [0.25, 0.3) is 0 Å². The van der Waals surface area contributed by atoms with E-state index in [-0.39, 0.29) is 11.6 Å². The lowest BCUT2D eigenvalue weighted by Gasteiger charge is -2.37. The molecule has 2 aliphatic rings. The van der Waals surface area contributed by atoms with E-state index in [1.54, 1.807) is 14.0 Å². The van der Waals surface area contributed by atoms with Gasteiger partial charge in [-0.15, -0.1) is 0 Å². The van der Waals surface area contributed by atoms with Gasteiger partial charge in [-0.2, -0.15) is 8.78 Å². The Kier molecular flexibility index (Phi) is 50.1. The van der Waals surface area contributed by atoms with Crippen molar-refractivity contribution in [3.8, 4) is 0 Å². The molecule has 0 atom stereocenters. The second-order valence-electron chi connectivity index (χ2n) is 9.86. The Morgan fingerprint density at radius 3 is 1.38 bits per heavy atom. The van der Waals surface area contributed by atoms with Crippen molar-refractivity contribution >= 4 is 17.6 Å². The van der Waals surface area contributed by atoms with Gasteiger partial charge in [0, 0.05) is 12.5 Å². The van der Waals surface area contributed by atoms with Crippen molar-refractivity contribution < 1.29 is 32.2 Å². The monoisotopic (exact) mass is 644 g/mol. The average Bonchev–Trinajstić information content (AvgIpc) is 3.86. The highest BCUT2D eigenvalue weighted by atomic mass is 19.3. The van der Waals surface area contributed by atoms with E-state index in [1.165, 1.54) is 51.2 Å². The molecule has 0 N–H and O–H groups in total. The number of methoxy groups -OCH3 is 1. The van der Waals surface area contributed by atoms with Crippen LogP contribution in [-0.2, 0) is 19.1 Å². The number of hydrogen-bond donors (Lipinski definition) is 0. The first kappa shape index (κ1) is 54.7. The minimum absolute atomic E-state index is 0.0185. The maximum absolute atomic E-state index is 11.0. The van der Waals surface area contributed by atoms with Gasteiger partial charge in [0.05, 0.1) is 19.8 Å². The van der Waals surface area contributed by atoms with Gasteiger partial charge in [0.2, 0.25) is 0 Å². The molecule has 1 aliphatic carbocycles. The van der Waals surface area contributed by atoms with E-state index in [4.69, 9.17) is 9.47 Å². The summed E-state index contributed by atoms with van der Waals surface area (Å²) in [5, 5.41) is 0. The lowest BCUT2D eigenvalue weighted by molar-refractivity contribution is -0.131. The maximum Gasteiger partial charge on any atom is 0.301 e. The van der Waals surface area contributed by atoms with Crippen molar-refractivity contribution in [1.29, 1.82) is 0 Å². The van der Waals surface area contributed by atoms with E-state index >= 15 is 0 Å². The van der Waals surface area contributed by atoms with Crippen LogP contribution >= 0.6 is 0 Å². The fourth-order valence-corrected chi connectivity index (χ4v) is 2.00. The number of hydrogen-bond acceptors (Lipinski definition) is 4. The molecule has 1 aromatic rings.